The Labute approximate surface area is 92.4 Å². The van der Waals surface area contributed by atoms with Gasteiger partial charge in [-0.2, -0.15) is 0 Å². The van der Waals surface area contributed by atoms with Crippen molar-refractivity contribution < 1.29 is 9.90 Å². The van der Waals surface area contributed by atoms with Gasteiger partial charge >= 0.3 is 0 Å². The smallest absolute Gasteiger partial charge is 0.120 e. The predicted octanol–water partition coefficient (Wildman–Crippen LogP) is 2.85. The van der Waals surface area contributed by atoms with Gasteiger partial charge in [-0.1, -0.05) is 11.6 Å². The SMILES string of the molecule is CC(C)(O)C1CCC(=CCCC=O)CC1. The molecule has 0 radical (unpaired) electrons. The Kier molecular flexibility index (Phi) is 4.52. The van der Waals surface area contributed by atoms with Crippen molar-refractivity contribution in [2.24, 2.45) is 5.92 Å². The van der Waals surface area contributed by atoms with E-state index in [-0.39, 0.29) is 0 Å². The molecule has 15 heavy (non-hydrogen) atoms. The fraction of sp³-hybridized carbons (Fsp3) is 0.769. The van der Waals surface area contributed by atoms with Crippen LogP contribution in [0.2, 0.25) is 0 Å². The van der Waals surface area contributed by atoms with Gasteiger partial charge < -0.3 is 9.90 Å². The summed E-state index contributed by atoms with van der Waals surface area (Å²) >= 11 is 0. The normalized spacial score (nSPS) is 22.6. The first-order valence-electron chi connectivity index (χ1n) is 5.88. The third-order valence-electron chi connectivity index (χ3n) is 3.34. The van der Waals surface area contributed by atoms with Crippen molar-refractivity contribution in [2.75, 3.05) is 0 Å². The zero-order valence-corrected chi connectivity index (χ0v) is 9.83. The zero-order chi connectivity index (χ0) is 11.3. The number of carbonyl (C=O) groups is 1. The topological polar surface area (TPSA) is 37.3 Å². The minimum atomic E-state index is -0.533. The van der Waals surface area contributed by atoms with Crippen LogP contribution in [-0.4, -0.2) is 17.0 Å². The fourth-order valence-electron chi connectivity index (χ4n) is 2.25. The molecule has 1 aliphatic carbocycles. The van der Waals surface area contributed by atoms with Gasteiger partial charge in [0.2, 0.25) is 0 Å². The number of aliphatic hydroxyl groups is 1. The molecular formula is C13H22O2. The van der Waals surface area contributed by atoms with E-state index in [9.17, 15) is 9.90 Å². The minimum Gasteiger partial charge on any atom is -0.390 e. The molecular weight excluding hydrogens is 188 g/mol. The van der Waals surface area contributed by atoms with Gasteiger partial charge in [-0.3, -0.25) is 0 Å². The molecule has 0 unspecified atom stereocenters. The van der Waals surface area contributed by atoms with E-state index >= 15 is 0 Å². The van der Waals surface area contributed by atoms with E-state index in [1.165, 1.54) is 5.57 Å². The van der Waals surface area contributed by atoms with E-state index in [0.29, 0.717) is 12.3 Å². The van der Waals surface area contributed by atoms with Crippen molar-refractivity contribution in [3.63, 3.8) is 0 Å². The molecule has 0 bridgehead atoms. The van der Waals surface area contributed by atoms with Crippen LogP contribution >= 0.6 is 0 Å². The van der Waals surface area contributed by atoms with Crippen LogP contribution in [0.5, 0.6) is 0 Å². The molecule has 0 spiro atoms. The maximum Gasteiger partial charge on any atom is 0.120 e. The van der Waals surface area contributed by atoms with Crippen LogP contribution in [0.15, 0.2) is 11.6 Å². The standard InChI is InChI=1S/C13H22O2/c1-13(2,15)12-8-6-11(7-9-12)5-3-4-10-14/h5,10,12,15H,3-4,6-9H2,1-2H3. The van der Waals surface area contributed by atoms with E-state index in [1.54, 1.807) is 0 Å². The number of hydrogen-bond donors (Lipinski definition) is 1. The van der Waals surface area contributed by atoms with Gasteiger partial charge in [0, 0.05) is 6.42 Å². The number of hydrogen-bond acceptors (Lipinski definition) is 2. The predicted molar refractivity (Wildman–Crippen MR) is 61.6 cm³/mol. The van der Waals surface area contributed by atoms with E-state index in [1.807, 2.05) is 13.8 Å². The Morgan fingerprint density at radius 2 is 1.93 bits per heavy atom. The zero-order valence-electron chi connectivity index (χ0n) is 9.83. The molecule has 0 heterocycles. The van der Waals surface area contributed by atoms with Crippen molar-refractivity contribution >= 4 is 6.29 Å². The summed E-state index contributed by atoms with van der Waals surface area (Å²) < 4.78 is 0. The highest BCUT2D eigenvalue weighted by Crippen LogP contribution is 2.34. The first-order chi connectivity index (χ1) is 7.04. The molecule has 1 aliphatic rings. The second-order valence-corrected chi connectivity index (χ2v) is 5.03. The van der Waals surface area contributed by atoms with Crippen molar-refractivity contribution in [1.82, 2.24) is 0 Å². The minimum absolute atomic E-state index is 0.431. The quantitative estimate of drug-likeness (QED) is 0.440. The maximum atomic E-state index is 10.2. The Hall–Kier alpha value is -0.630. The van der Waals surface area contributed by atoms with Crippen LogP contribution in [0.1, 0.15) is 52.4 Å². The summed E-state index contributed by atoms with van der Waals surface area (Å²) in [5.74, 6) is 0.431. The molecule has 0 aromatic heterocycles. The van der Waals surface area contributed by atoms with Gasteiger partial charge in [-0.15, -0.1) is 0 Å². The van der Waals surface area contributed by atoms with Gasteiger partial charge in [0.05, 0.1) is 5.60 Å². The molecule has 0 aliphatic heterocycles. The lowest BCUT2D eigenvalue weighted by Gasteiger charge is -2.33. The van der Waals surface area contributed by atoms with Gasteiger partial charge in [-0.05, 0) is 51.9 Å². The Morgan fingerprint density at radius 1 is 1.33 bits per heavy atom. The Bertz CT molecular complexity index is 225. The molecule has 86 valence electrons. The van der Waals surface area contributed by atoms with Crippen LogP contribution in [0.25, 0.3) is 0 Å². The first-order valence-corrected chi connectivity index (χ1v) is 5.88. The Balaban J connectivity index is 2.35. The van der Waals surface area contributed by atoms with Crippen molar-refractivity contribution in [2.45, 2.75) is 58.0 Å². The largest absolute Gasteiger partial charge is 0.390 e. The number of aldehydes is 1. The summed E-state index contributed by atoms with van der Waals surface area (Å²) in [6.45, 7) is 3.80. The van der Waals surface area contributed by atoms with E-state index in [4.69, 9.17) is 0 Å². The van der Waals surface area contributed by atoms with Crippen molar-refractivity contribution in [3.05, 3.63) is 11.6 Å². The lowest BCUT2D eigenvalue weighted by Crippen LogP contribution is -2.32. The number of unbranched alkanes of at least 4 members (excludes halogenated alkanes) is 1. The first kappa shape index (κ1) is 12.4. The Morgan fingerprint density at radius 3 is 2.40 bits per heavy atom. The van der Waals surface area contributed by atoms with Crippen LogP contribution in [0.3, 0.4) is 0 Å². The highest BCUT2D eigenvalue weighted by atomic mass is 16.3. The summed E-state index contributed by atoms with van der Waals surface area (Å²) in [6.07, 6.45) is 9.03. The molecule has 2 nitrogen and oxygen atoms in total. The average Bonchev–Trinajstić information content (AvgIpc) is 2.18. The highest BCUT2D eigenvalue weighted by molar-refractivity contribution is 5.49. The molecule has 2 heteroatoms. The molecule has 0 amide bonds. The number of carbonyl (C=O) groups excluding carboxylic acids is 1. The van der Waals surface area contributed by atoms with E-state index < -0.39 is 5.60 Å². The number of allylic oxidation sites excluding steroid dienone is 2. The van der Waals surface area contributed by atoms with Gasteiger partial charge in [0.1, 0.15) is 6.29 Å². The summed E-state index contributed by atoms with van der Waals surface area (Å²) in [4.78, 5) is 10.2. The fourth-order valence-corrected chi connectivity index (χ4v) is 2.25. The van der Waals surface area contributed by atoms with Crippen LogP contribution in [0.4, 0.5) is 0 Å². The number of rotatable bonds is 4. The molecule has 0 saturated heterocycles. The molecule has 0 aromatic carbocycles. The van der Waals surface area contributed by atoms with E-state index in [0.717, 1.165) is 38.4 Å². The van der Waals surface area contributed by atoms with Gasteiger partial charge in [0.25, 0.3) is 0 Å². The van der Waals surface area contributed by atoms with Crippen LogP contribution in [0, 0.1) is 5.92 Å². The summed E-state index contributed by atoms with van der Waals surface area (Å²) in [7, 11) is 0. The van der Waals surface area contributed by atoms with Gasteiger partial charge in [0.15, 0.2) is 0 Å². The highest BCUT2D eigenvalue weighted by Gasteiger charge is 2.28. The maximum absolute atomic E-state index is 10.2. The monoisotopic (exact) mass is 210 g/mol. The van der Waals surface area contributed by atoms with Crippen LogP contribution in [-0.2, 0) is 4.79 Å². The molecule has 1 fully saturated rings. The second-order valence-electron chi connectivity index (χ2n) is 5.03. The van der Waals surface area contributed by atoms with Gasteiger partial charge in [-0.25, -0.2) is 0 Å². The molecule has 1 rings (SSSR count). The molecule has 1 N–H and O–H groups in total. The molecule has 0 atom stereocenters. The average molecular weight is 210 g/mol. The van der Waals surface area contributed by atoms with Crippen LogP contribution < -0.4 is 0 Å². The third kappa shape index (κ3) is 4.17. The lowest BCUT2D eigenvalue weighted by atomic mass is 9.77. The summed E-state index contributed by atoms with van der Waals surface area (Å²) in [5.41, 5.74) is 0.936. The summed E-state index contributed by atoms with van der Waals surface area (Å²) in [6, 6.07) is 0. The molecule has 0 aromatic rings. The van der Waals surface area contributed by atoms with E-state index in [2.05, 4.69) is 6.08 Å². The van der Waals surface area contributed by atoms with Crippen molar-refractivity contribution in [1.29, 1.82) is 0 Å². The lowest BCUT2D eigenvalue weighted by molar-refractivity contribution is -0.107. The molecule has 1 saturated carbocycles. The van der Waals surface area contributed by atoms with Crippen molar-refractivity contribution in [3.8, 4) is 0 Å². The summed E-state index contributed by atoms with van der Waals surface area (Å²) in [5, 5.41) is 9.88. The second kappa shape index (κ2) is 5.45. The third-order valence-corrected chi connectivity index (χ3v) is 3.34.